The first-order valence-electron chi connectivity index (χ1n) is 8.55. The minimum Gasteiger partial charge on any atom is -0.388 e. The second-order valence-electron chi connectivity index (χ2n) is 6.41. The Morgan fingerprint density at radius 2 is 1.96 bits per heavy atom. The van der Waals surface area contributed by atoms with Gasteiger partial charge in [0.1, 0.15) is 0 Å². The van der Waals surface area contributed by atoms with Gasteiger partial charge in [-0.05, 0) is 18.9 Å². The van der Waals surface area contributed by atoms with Gasteiger partial charge in [0.2, 0.25) is 5.89 Å². The molecule has 0 spiro atoms. The van der Waals surface area contributed by atoms with Crippen LogP contribution in [0.1, 0.15) is 56.5 Å². The standard InChI is InChI=1S/C18H26N4O3/c1-12(2)17-21-16(25-22-17)9-10-19-18(24)20-13(3)11-15(23)14-7-5-4-6-8-14/h4-8,12-13,15,23H,9-11H2,1-3H3,(H2,19,20,24). The van der Waals surface area contributed by atoms with Gasteiger partial charge < -0.3 is 20.3 Å². The van der Waals surface area contributed by atoms with Crippen LogP contribution >= 0.6 is 0 Å². The second-order valence-corrected chi connectivity index (χ2v) is 6.41. The Hall–Kier alpha value is -2.41. The average molecular weight is 346 g/mol. The van der Waals surface area contributed by atoms with Crippen LogP contribution in [0, 0.1) is 0 Å². The summed E-state index contributed by atoms with van der Waals surface area (Å²) in [7, 11) is 0. The molecule has 0 fully saturated rings. The lowest BCUT2D eigenvalue weighted by Gasteiger charge is -2.18. The van der Waals surface area contributed by atoms with Crippen molar-refractivity contribution in [3.63, 3.8) is 0 Å². The quantitative estimate of drug-likeness (QED) is 0.682. The molecular weight excluding hydrogens is 320 g/mol. The number of aromatic nitrogens is 2. The fourth-order valence-corrected chi connectivity index (χ4v) is 2.37. The molecule has 7 nitrogen and oxygen atoms in total. The normalized spacial score (nSPS) is 13.5. The molecule has 2 amide bonds. The first-order valence-corrected chi connectivity index (χ1v) is 8.55. The number of nitrogens with zero attached hydrogens (tertiary/aromatic N) is 2. The molecule has 0 aliphatic rings. The van der Waals surface area contributed by atoms with Crippen LogP contribution in [-0.2, 0) is 6.42 Å². The lowest BCUT2D eigenvalue weighted by Crippen LogP contribution is -2.42. The molecular formula is C18H26N4O3. The number of urea groups is 1. The van der Waals surface area contributed by atoms with Gasteiger partial charge >= 0.3 is 6.03 Å². The molecule has 1 aromatic heterocycles. The first kappa shape index (κ1) is 18.9. The van der Waals surface area contributed by atoms with E-state index in [0.29, 0.717) is 31.1 Å². The smallest absolute Gasteiger partial charge is 0.315 e. The van der Waals surface area contributed by atoms with Crippen molar-refractivity contribution in [1.82, 2.24) is 20.8 Å². The number of aliphatic hydroxyl groups is 1. The first-order chi connectivity index (χ1) is 12.0. The molecule has 1 heterocycles. The Bertz CT molecular complexity index is 657. The molecule has 0 radical (unpaired) electrons. The molecule has 1 aromatic carbocycles. The summed E-state index contributed by atoms with van der Waals surface area (Å²) in [6.45, 7) is 6.25. The Kier molecular flexibility index (Phi) is 6.94. The largest absolute Gasteiger partial charge is 0.388 e. The summed E-state index contributed by atoms with van der Waals surface area (Å²) in [5.74, 6) is 1.39. The van der Waals surface area contributed by atoms with E-state index in [4.69, 9.17) is 4.52 Å². The third-order valence-corrected chi connectivity index (χ3v) is 3.76. The van der Waals surface area contributed by atoms with Crippen molar-refractivity contribution < 1.29 is 14.4 Å². The molecule has 0 aliphatic carbocycles. The predicted molar refractivity (Wildman–Crippen MR) is 94.1 cm³/mol. The number of carbonyl (C=O) groups is 1. The van der Waals surface area contributed by atoms with E-state index in [2.05, 4.69) is 20.8 Å². The third-order valence-electron chi connectivity index (χ3n) is 3.76. The maximum Gasteiger partial charge on any atom is 0.315 e. The molecule has 0 saturated heterocycles. The van der Waals surface area contributed by atoms with E-state index < -0.39 is 6.10 Å². The van der Waals surface area contributed by atoms with Crippen LogP contribution in [0.3, 0.4) is 0 Å². The molecule has 0 bridgehead atoms. The monoisotopic (exact) mass is 346 g/mol. The van der Waals surface area contributed by atoms with Crippen LogP contribution in [0.25, 0.3) is 0 Å². The van der Waals surface area contributed by atoms with E-state index in [1.165, 1.54) is 0 Å². The van der Waals surface area contributed by atoms with Gasteiger partial charge in [-0.3, -0.25) is 0 Å². The average Bonchev–Trinajstić information content (AvgIpc) is 3.04. The highest BCUT2D eigenvalue weighted by Gasteiger charge is 2.14. The van der Waals surface area contributed by atoms with Crippen LogP contribution in [0.4, 0.5) is 4.79 Å². The van der Waals surface area contributed by atoms with E-state index >= 15 is 0 Å². The summed E-state index contributed by atoms with van der Waals surface area (Å²) < 4.78 is 5.12. The summed E-state index contributed by atoms with van der Waals surface area (Å²) in [6.07, 6.45) is 0.317. The van der Waals surface area contributed by atoms with Gasteiger partial charge in [-0.15, -0.1) is 0 Å². The molecule has 25 heavy (non-hydrogen) atoms. The zero-order valence-electron chi connectivity index (χ0n) is 14.9. The van der Waals surface area contributed by atoms with E-state index in [0.717, 1.165) is 5.56 Å². The third kappa shape index (κ3) is 6.19. The van der Waals surface area contributed by atoms with Crippen molar-refractivity contribution in [2.75, 3.05) is 6.54 Å². The number of amides is 2. The maximum absolute atomic E-state index is 11.9. The topological polar surface area (TPSA) is 100 Å². The lowest BCUT2D eigenvalue weighted by molar-refractivity contribution is 0.154. The van der Waals surface area contributed by atoms with Crippen LogP contribution < -0.4 is 10.6 Å². The molecule has 136 valence electrons. The number of carbonyl (C=O) groups excluding carboxylic acids is 1. The Labute approximate surface area is 147 Å². The summed E-state index contributed by atoms with van der Waals surface area (Å²) in [6, 6.07) is 8.96. The number of hydrogen-bond acceptors (Lipinski definition) is 5. The Balaban J connectivity index is 1.68. The fourth-order valence-electron chi connectivity index (χ4n) is 2.37. The Morgan fingerprint density at radius 3 is 2.60 bits per heavy atom. The highest BCUT2D eigenvalue weighted by molar-refractivity contribution is 5.74. The molecule has 3 N–H and O–H groups in total. The van der Waals surface area contributed by atoms with Gasteiger partial charge in [0.15, 0.2) is 5.82 Å². The van der Waals surface area contributed by atoms with Crippen molar-refractivity contribution in [3.8, 4) is 0 Å². The SMILES string of the molecule is CC(CC(O)c1ccccc1)NC(=O)NCCc1nc(C(C)C)no1. The van der Waals surface area contributed by atoms with E-state index in [1.807, 2.05) is 51.1 Å². The summed E-state index contributed by atoms with van der Waals surface area (Å²) >= 11 is 0. The molecule has 2 aromatic rings. The minimum atomic E-state index is -0.607. The maximum atomic E-state index is 11.9. The van der Waals surface area contributed by atoms with Crippen molar-refractivity contribution in [1.29, 1.82) is 0 Å². The highest BCUT2D eigenvalue weighted by atomic mass is 16.5. The van der Waals surface area contributed by atoms with E-state index in [9.17, 15) is 9.90 Å². The van der Waals surface area contributed by atoms with Crippen molar-refractivity contribution in [2.24, 2.45) is 0 Å². The number of nitrogens with one attached hydrogen (secondary N) is 2. The van der Waals surface area contributed by atoms with Crippen molar-refractivity contribution >= 4 is 6.03 Å². The van der Waals surface area contributed by atoms with Gasteiger partial charge in [0.25, 0.3) is 0 Å². The van der Waals surface area contributed by atoms with E-state index in [1.54, 1.807) is 0 Å². The molecule has 2 atom stereocenters. The summed E-state index contributed by atoms with van der Waals surface area (Å²) in [5, 5.41) is 19.6. The van der Waals surface area contributed by atoms with Crippen LogP contribution in [0.5, 0.6) is 0 Å². The zero-order valence-corrected chi connectivity index (χ0v) is 14.9. The molecule has 2 unspecified atom stereocenters. The molecule has 2 rings (SSSR count). The minimum absolute atomic E-state index is 0.161. The number of aliphatic hydroxyl groups excluding tert-OH is 1. The Morgan fingerprint density at radius 1 is 1.24 bits per heavy atom. The summed E-state index contributed by atoms with van der Waals surface area (Å²) in [4.78, 5) is 16.2. The number of hydrogen-bond donors (Lipinski definition) is 3. The number of benzene rings is 1. The van der Waals surface area contributed by atoms with Crippen LogP contribution in [0.15, 0.2) is 34.9 Å². The highest BCUT2D eigenvalue weighted by Crippen LogP contribution is 2.17. The fraction of sp³-hybridized carbons (Fsp3) is 0.500. The van der Waals surface area contributed by atoms with Gasteiger partial charge in [-0.1, -0.05) is 49.3 Å². The molecule has 0 aliphatic heterocycles. The molecule has 0 saturated carbocycles. The van der Waals surface area contributed by atoms with Crippen LogP contribution in [0.2, 0.25) is 0 Å². The van der Waals surface area contributed by atoms with Gasteiger partial charge in [0.05, 0.1) is 6.10 Å². The van der Waals surface area contributed by atoms with Gasteiger partial charge in [0, 0.05) is 24.9 Å². The second kappa shape index (κ2) is 9.17. The van der Waals surface area contributed by atoms with Crippen molar-refractivity contribution in [2.45, 2.75) is 51.7 Å². The van der Waals surface area contributed by atoms with Crippen LogP contribution in [-0.4, -0.2) is 33.9 Å². The van der Waals surface area contributed by atoms with E-state index in [-0.39, 0.29) is 18.0 Å². The zero-order chi connectivity index (χ0) is 18.2. The van der Waals surface area contributed by atoms with Gasteiger partial charge in [-0.25, -0.2) is 4.79 Å². The summed E-state index contributed by atoms with van der Waals surface area (Å²) in [5.41, 5.74) is 0.842. The van der Waals surface area contributed by atoms with Gasteiger partial charge in [-0.2, -0.15) is 4.98 Å². The number of rotatable bonds is 8. The predicted octanol–water partition coefficient (Wildman–Crippen LogP) is 2.55. The van der Waals surface area contributed by atoms with Crippen molar-refractivity contribution in [3.05, 3.63) is 47.6 Å². The lowest BCUT2D eigenvalue weighted by atomic mass is 10.0. The molecule has 7 heteroatoms.